The Kier molecular flexibility index (Phi) is 4.74. The fourth-order valence-corrected chi connectivity index (χ4v) is 2.79. The van der Waals surface area contributed by atoms with Crippen LogP contribution >= 0.6 is 9.24 Å². The van der Waals surface area contributed by atoms with Crippen LogP contribution in [0.15, 0.2) is 60.7 Å². The maximum Gasteiger partial charge on any atom is 0.239 e. The second-order valence-electron chi connectivity index (χ2n) is 5.86. The molecule has 0 amide bonds. The van der Waals surface area contributed by atoms with Crippen molar-refractivity contribution in [1.82, 2.24) is 0 Å². The van der Waals surface area contributed by atoms with E-state index in [2.05, 4.69) is 9.24 Å². The SMILES string of the molecule is NC(N)(Oc1ccc(O)c(O)c1P)c1ccc(-c2ccc(O)cc2)cc1. The van der Waals surface area contributed by atoms with Gasteiger partial charge in [0.25, 0.3) is 0 Å². The number of rotatable bonds is 4. The van der Waals surface area contributed by atoms with Gasteiger partial charge in [-0.25, -0.2) is 0 Å². The zero-order chi connectivity index (χ0) is 18.9. The molecule has 0 aliphatic heterocycles. The van der Waals surface area contributed by atoms with Gasteiger partial charge in [-0.05, 0) is 35.4 Å². The van der Waals surface area contributed by atoms with Gasteiger partial charge in [0, 0.05) is 5.56 Å². The number of ether oxygens (including phenoxy) is 1. The van der Waals surface area contributed by atoms with Crippen LogP contribution in [0.5, 0.6) is 23.0 Å². The molecule has 0 heterocycles. The van der Waals surface area contributed by atoms with Gasteiger partial charge in [-0.15, -0.1) is 0 Å². The summed E-state index contributed by atoms with van der Waals surface area (Å²) in [4.78, 5) is 0. The summed E-state index contributed by atoms with van der Waals surface area (Å²) >= 11 is 0. The minimum atomic E-state index is -1.64. The van der Waals surface area contributed by atoms with E-state index < -0.39 is 5.85 Å². The average molecular weight is 370 g/mol. The first-order chi connectivity index (χ1) is 12.3. The Morgan fingerprint density at radius 1 is 0.769 bits per heavy atom. The molecule has 0 bridgehead atoms. The summed E-state index contributed by atoms with van der Waals surface area (Å²) in [5.74, 6) is -1.78. The lowest BCUT2D eigenvalue weighted by atomic mass is 10.0. The first kappa shape index (κ1) is 18.0. The van der Waals surface area contributed by atoms with Crippen molar-refractivity contribution < 1.29 is 20.1 Å². The van der Waals surface area contributed by atoms with E-state index in [-0.39, 0.29) is 28.3 Å². The van der Waals surface area contributed by atoms with E-state index >= 15 is 0 Å². The molecule has 3 rings (SSSR count). The molecule has 0 aromatic heterocycles. The first-order valence-electron chi connectivity index (χ1n) is 7.75. The smallest absolute Gasteiger partial charge is 0.239 e. The molecule has 0 aliphatic carbocycles. The lowest BCUT2D eigenvalue weighted by molar-refractivity contribution is 0.0819. The average Bonchev–Trinajstić information content (AvgIpc) is 2.63. The predicted octanol–water partition coefficient (Wildman–Crippen LogP) is 2.08. The molecule has 3 aromatic carbocycles. The number of benzene rings is 3. The Balaban J connectivity index is 1.85. The summed E-state index contributed by atoms with van der Waals surface area (Å²) in [5, 5.41) is 28.9. The molecule has 0 radical (unpaired) electrons. The number of nitrogens with two attached hydrogens (primary N) is 2. The van der Waals surface area contributed by atoms with Crippen LogP contribution < -0.4 is 21.5 Å². The summed E-state index contributed by atoms with van der Waals surface area (Å²) in [6.07, 6.45) is 0. The molecular weight excluding hydrogens is 351 g/mol. The maximum atomic E-state index is 9.79. The van der Waals surface area contributed by atoms with Crippen molar-refractivity contribution in [2.45, 2.75) is 5.85 Å². The predicted molar refractivity (Wildman–Crippen MR) is 103 cm³/mol. The van der Waals surface area contributed by atoms with Gasteiger partial charge in [0.2, 0.25) is 5.85 Å². The highest BCUT2D eigenvalue weighted by Gasteiger charge is 2.26. The second kappa shape index (κ2) is 6.84. The van der Waals surface area contributed by atoms with Crippen LogP contribution in [0.1, 0.15) is 5.56 Å². The topological polar surface area (TPSA) is 122 Å². The van der Waals surface area contributed by atoms with E-state index in [1.807, 2.05) is 12.1 Å². The van der Waals surface area contributed by atoms with E-state index in [0.717, 1.165) is 11.1 Å². The van der Waals surface area contributed by atoms with E-state index in [0.29, 0.717) is 5.56 Å². The van der Waals surface area contributed by atoms with E-state index in [1.54, 1.807) is 36.4 Å². The van der Waals surface area contributed by atoms with Gasteiger partial charge in [0.05, 0.1) is 5.30 Å². The van der Waals surface area contributed by atoms with Gasteiger partial charge in [-0.2, -0.15) is 0 Å². The summed E-state index contributed by atoms with van der Waals surface area (Å²) < 4.78 is 5.65. The van der Waals surface area contributed by atoms with Crippen molar-refractivity contribution in [3.63, 3.8) is 0 Å². The zero-order valence-corrected chi connectivity index (χ0v) is 14.9. The highest BCUT2D eigenvalue weighted by molar-refractivity contribution is 7.28. The molecule has 0 fully saturated rings. The van der Waals surface area contributed by atoms with Gasteiger partial charge < -0.3 is 20.1 Å². The van der Waals surface area contributed by atoms with Crippen LogP contribution in [-0.2, 0) is 5.85 Å². The molecule has 0 aliphatic rings. The minimum Gasteiger partial charge on any atom is -0.508 e. The van der Waals surface area contributed by atoms with E-state index in [4.69, 9.17) is 16.2 Å². The van der Waals surface area contributed by atoms with Crippen molar-refractivity contribution in [3.05, 3.63) is 66.2 Å². The minimum absolute atomic E-state index is 0.201. The Labute approximate surface area is 152 Å². The van der Waals surface area contributed by atoms with Gasteiger partial charge in [0.15, 0.2) is 11.5 Å². The monoisotopic (exact) mass is 370 g/mol. The molecule has 7 heteroatoms. The van der Waals surface area contributed by atoms with Crippen molar-refractivity contribution in [3.8, 4) is 34.1 Å². The molecule has 1 unspecified atom stereocenters. The molecule has 0 spiro atoms. The molecule has 7 N–H and O–H groups in total. The third-order valence-electron chi connectivity index (χ3n) is 3.97. The number of phenols is 3. The highest BCUT2D eigenvalue weighted by Crippen LogP contribution is 2.31. The fourth-order valence-electron chi connectivity index (χ4n) is 2.48. The summed E-state index contributed by atoms with van der Waals surface area (Å²) in [5.41, 5.74) is 14.6. The van der Waals surface area contributed by atoms with Gasteiger partial charge in [-0.1, -0.05) is 45.6 Å². The van der Waals surface area contributed by atoms with Crippen LogP contribution in [0.2, 0.25) is 0 Å². The number of hydrogen-bond acceptors (Lipinski definition) is 6. The number of phenolic OH excluding ortho intramolecular Hbond substituents is 3. The maximum absolute atomic E-state index is 9.79. The quantitative estimate of drug-likeness (QED) is 0.272. The largest absolute Gasteiger partial charge is 0.508 e. The van der Waals surface area contributed by atoms with Crippen LogP contribution in [-0.4, -0.2) is 15.3 Å². The summed E-state index contributed by atoms with van der Waals surface area (Å²) in [6.45, 7) is 0. The van der Waals surface area contributed by atoms with Crippen LogP contribution in [0, 0.1) is 0 Å². The normalized spacial score (nSPS) is 11.3. The molecule has 26 heavy (non-hydrogen) atoms. The van der Waals surface area contributed by atoms with Gasteiger partial charge in [0.1, 0.15) is 11.5 Å². The van der Waals surface area contributed by atoms with Crippen molar-refractivity contribution >= 4 is 14.5 Å². The van der Waals surface area contributed by atoms with Gasteiger partial charge in [-0.3, -0.25) is 11.5 Å². The highest BCUT2D eigenvalue weighted by atomic mass is 31.0. The first-order valence-corrected chi connectivity index (χ1v) is 8.33. The Morgan fingerprint density at radius 2 is 1.31 bits per heavy atom. The lowest BCUT2D eigenvalue weighted by Crippen LogP contribution is -2.51. The van der Waals surface area contributed by atoms with E-state index in [9.17, 15) is 15.3 Å². The van der Waals surface area contributed by atoms with Gasteiger partial charge >= 0.3 is 0 Å². The standard InChI is InChI=1S/C19H19N2O4P/c20-19(21,25-16-10-9-15(23)17(24)18(16)26)13-5-1-11(2-6-13)12-3-7-14(22)8-4-12/h1-10,22-24H,20-21,26H2. The molecule has 1 atom stereocenters. The second-order valence-corrected chi connectivity index (χ2v) is 6.44. The fraction of sp³-hybridized carbons (Fsp3) is 0.0526. The number of aromatic hydroxyl groups is 3. The Bertz CT molecular complexity index is 926. The molecule has 6 nitrogen and oxygen atoms in total. The van der Waals surface area contributed by atoms with Crippen molar-refractivity contribution in [2.75, 3.05) is 0 Å². The third kappa shape index (κ3) is 3.58. The third-order valence-corrected chi connectivity index (χ3v) is 4.53. The summed E-state index contributed by atoms with van der Waals surface area (Å²) in [7, 11) is 2.28. The van der Waals surface area contributed by atoms with Crippen LogP contribution in [0.25, 0.3) is 11.1 Å². The zero-order valence-electron chi connectivity index (χ0n) is 13.8. The van der Waals surface area contributed by atoms with Crippen LogP contribution in [0.3, 0.4) is 0 Å². The Morgan fingerprint density at radius 3 is 1.88 bits per heavy atom. The van der Waals surface area contributed by atoms with Crippen molar-refractivity contribution in [1.29, 1.82) is 0 Å². The molecular formula is C19H19N2O4P. The molecule has 0 saturated heterocycles. The van der Waals surface area contributed by atoms with E-state index in [1.165, 1.54) is 12.1 Å². The number of hydrogen-bond donors (Lipinski definition) is 5. The van der Waals surface area contributed by atoms with Crippen molar-refractivity contribution in [2.24, 2.45) is 11.5 Å². The lowest BCUT2D eigenvalue weighted by Gasteiger charge is -2.27. The Hall–Kier alpha value is -2.79. The van der Waals surface area contributed by atoms with Crippen LogP contribution in [0.4, 0.5) is 0 Å². The molecule has 3 aromatic rings. The molecule has 0 saturated carbocycles. The summed E-state index contributed by atoms with van der Waals surface area (Å²) in [6, 6.07) is 16.8. The molecule has 134 valence electrons.